The lowest BCUT2D eigenvalue weighted by Gasteiger charge is -2.32. The number of hydrogen-bond donors (Lipinski definition) is 1. The Labute approximate surface area is 117 Å². The van der Waals surface area contributed by atoms with Gasteiger partial charge in [-0.3, -0.25) is 0 Å². The molecule has 1 aliphatic heterocycles. The zero-order valence-electron chi connectivity index (χ0n) is 12.5. The van der Waals surface area contributed by atoms with E-state index in [4.69, 9.17) is 0 Å². The van der Waals surface area contributed by atoms with Gasteiger partial charge in [-0.1, -0.05) is 19.1 Å². The Morgan fingerprint density at radius 2 is 1.79 bits per heavy atom. The molecule has 1 saturated heterocycles. The number of hydrogen-bond acceptors (Lipinski definition) is 2. The first-order chi connectivity index (χ1) is 9.02. The van der Waals surface area contributed by atoms with Gasteiger partial charge in [0, 0.05) is 36.3 Å². The molecule has 0 unspecified atom stereocenters. The lowest BCUT2D eigenvalue weighted by atomic mass is 10.0. The van der Waals surface area contributed by atoms with E-state index in [2.05, 4.69) is 55.3 Å². The Morgan fingerprint density at radius 1 is 1.11 bits per heavy atom. The molecule has 0 aromatic heterocycles. The van der Waals surface area contributed by atoms with E-state index in [1.807, 2.05) is 0 Å². The van der Waals surface area contributed by atoms with Crippen LogP contribution in [0.1, 0.15) is 39.2 Å². The molecule has 1 spiro atoms. The Morgan fingerprint density at radius 3 is 2.37 bits per heavy atom. The highest BCUT2D eigenvalue weighted by atomic mass is 15.2. The van der Waals surface area contributed by atoms with Crippen molar-refractivity contribution in [1.82, 2.24) is 5.32 Å². The quantitative estimate of drug-likeness (QED) is 0.876. The van der Waals surface area contributed by atoms with Crippen molar-refractivity contribution < 1.29 is 0 Å². The third-order valence-electron chi connectivity index (χ3n) is 4.72. The van der Waals surface area contributed by atoms with Crippen LogP contribution in [0.15, 0.2) is 24.3 Å². The molecule has 19 heavy (non-hydrogen) atoms. The standard InChI is InChI=1S/C17H26N2/c1-4-14-5-7-15(8-6-14)19-12-16(2,3)18-11-17(13-19)9-10-17/h5-8,18H,4,9-13H2,1-3H3. The molecule has 3 rings (SSSR count). The number of nitrogens with one attached hydrogen (secondary N) is 1. The van der Waals surface area contributed by atoms with E-state index >= 15 is 0 Å². The predicted octanol–water partition coefficient (Wildman–Crippen LogP) is 3.22. The zero-order chi connectivity index (χ0) is 13.5. The highest BCUT2D eigenvalue weighted by Crippen LogP contribution is 2.47. The average molecular weight is 258 g/mol. The van der Waals surface area contributed by atoms with Crippen LogP contribution in [0.3, 0.4) is 0 Å². The topological polar surface area (TPSA) is 15.3 Å². The molecule has 2 nitrogen and oxygen atoms in total. The second-order valence-corrected chi connectivity index (χ2v) is 7.11. The molecule has 0 atom stereocenters. The summed E-state index contributed by atoms with van der Waals surface area (Å²) in [5.41, 5.74) is 3.57. The van der Waals surface area contributed by atoms with Crippen molar-refractivity contribution in [2.45, 2.75) is 45.6 Å². The van der Waals surface area contributed by atoms with Crippen LogP contribution in [0.4, 0.5) is 5.69 Å². The monoisotopic (exact) mass is 258 g/mol. The first-order valence-corrected chi connectivity index (χ1v) is 7.61. The number of benzene rings is 1. The minimum absolute atomic E-state index is 0.204. The fourth-order valence-electron chi connectivity index (χ4n) is 3.11. The van der Waals surface area contributed by atoms with E-state index in [0.717, 1.165) is 13.0 Å². The second-order valence-electron chi connectivity index (χ2n) is 7.11. The summed E-state index contributed by atoms with van der Waals surface area (Å²) in [5, 5.41) is 3.75. The maximum atomic E-state index is 3.75. The maximum absolute atomic E-state index is 3.75. The molecular formula is C17H26N2. The third kappa shape index (κ3) is 2.79. The first-order valence-electron chi connectivity index (χ1n) is 7.61. The van der Waals surface area contributed by atoms with E-state index < -0.39 is 0 Å². The summed E-state index contributed by atoms with van der Waals surface area (Å²) < 4.78 is 0. The van der Waals surface area contributed by atoms with E-state index in [1.54, 1.807) is 0 Å². The van der Waals surface area contributed by atoms with Crippen LogP contribution in [0.2, 0.25) is 0 Å². The second kappa shape index (κ2) is 4.52. The molecule has 1 saturated carbocycles. The first kappa shape index (κ1) is 13.0. The molecule has 1 aliphatic carbocycles. The van der Waals surface area contributed by atoms with Gasteiger partial charge >= 0.3 is 0 Å². The van der Waals surface area contributed by atoms with Crippen LogP contribution in [0.25, 0.3) is 0 Å². The lowest BCUT2D eigenvalue weighted by Crippen LogP contribution is -2.46. The molecule has 1 heterocycles. The van der Waals surface area contributed by atoms with Crippen LogP contribution < -0.4 is 10.2 Å². The minimum Gasteiger partial charge on any atom is -0.369 e. The van der Waals surface area contributed by atoms with Gasteiger partial charge in [0.1, 0.15) is 0 Å². The molecular weight excluding hydrogens is 232 g/mol. The van der Waals surface area contributed by atoms with Crippen molar-refractivity contribution in [3.63, 3.8) is 0 Å². The fourth-order valence-corrected chi connectivity index (χ4v) is 3.11. The SMILES string of the molecule is CCc1ccc(N2CC3(CC3)CNC(C)(C)C2)cc1. The summed E-state index contributed by atoms with van der Waals surface area (Å²) >= 11 is 0. The van der Waals surface area contributed by atoms with E-state index in [0.29, 0.717) is 5.41 Å². The maximum Gasteiger partial charge on any atom is 0.0367 e. The van der Waals surface area contributed by atoms with Crippen molar-refractivity contribution in [1.29, 1.82) is 0 Å². The van der Waals surface area contributed by atoms with Crippen molar-refractivity contribution in [3.05, 3.63) is 29.8 Å². The summed E-state index contributed by atoms with van der Waals surface area (Å²) in [6.45, 7) is 10.4. The summed E-state index contributed by atoms with van der Waals surface area (Å²) in [5.74, 6) is 0. The molecule has 0 radical (unpaired) electrons. The minimum atomic E-state index is 0.204. The largest absolute Gasteiger partial charge is 0.369 e. The Kier molecular flexibility index (Phi) is 3.09. The van der Waals surface area contributed by atoms with Gasteiger partial charge in [-0.05, 0) is 50.8 Å². The van der Waals surface area contributed by atoms with Gasteiger partial charge in [0.25, 0.3) is 0 Å². The lowest BCUT2D eigenvalue weighted by molar-refractivity contribution is 0.389. The highest BCUT2D eigenvalue weighted by molar-refractivity contribution is 5.49. The van der Waals surface area contributed by atoms with Crippen LogP contribution in [-0.4, -0.2) is 25.2 Å². The van der Waals surface area contributed by atoms with Crippen molar-refractivity contribution in [3.8, 4) is 0 Å². The van der Waals surface area contributed by atoms with E-state index in [1.165, 1.54) is 37.2 Å². The van der Waals surface area contributed by atoms with E-state index in [9.17, 15) is 0 Å². The molecule has 104 valence electrons. The average Bonchev–Trinajstić information content (AvgIpc) is 3.17. The predicted molar refractivity (Wildman–Crippen MR) is 81.8 cm³/mol. The number of rotatable bonds is 2. The van der Waals surface area contributed by atoms with Gasteiger partial charge in [-0.15, -0.1) is 0 Å². The molecule has 0 bridgehead atoms. The van der Waals surface area contributed by atoms with Gasteiger partial charge in [0.2, 0.25) is 0 Å². The molecule has 2 aliphatic rings. The number of nitrogens with zero attached hydrogens (tertiary/aromatic N) is 1. The molecule has 1 aromatic rings. The Bertz CT molecular complexity index is 435. The molecule has 2 heteroatoms. The summed E-state index contributed by atoms with van der Waals surface area (Å²) in [6.07, 6.45) is 3.90. The van der Waals surface area contributed by atoms with E-state index in [-0.39, 0.29) is 5.54 Å². The van der Waals surface area contributed by atoms with Gasteiger partial charge in [0.05, 0.1) is 0 Å². The van der Waals surface area contributed by atoms with Crippen LogP contribution in [-0.2, 0) is 6.42 Å². The van der Waals surface area contributed by atoms with Crippen LogP contribution in [0, 0.1) is 5.41 Å². The third-order valence-corrected chi connectivity index (χ3v) is 4.72. The van der Waals surface area contributed by atoms with Gasteiger partial charge in [-0.25, -0.2) is 0 Å². The Balaban J connectivity index is 1.83. The van der Waals surface area contributed by atoms with Gasteiger partial charge < -0.3 is 10.2 Å². The molecule has 0 amide bonds. The molecule has 1 aromatic carbocycles. The smallest absolute Gasteiger partial charge is 0.0367 e. The Hall–Kier alpha value is -1.02. The summed E-state index contributed by atoms with van der Waals surface area (Å²) in [7, 11) is 0. The summed E-state index contributed by atoms with van der Waals surface area (Å²) in [6, 6.07) is 9.16. The molecule has 1 N–H and O–H groups in total. The van der Waals surface area contributed by atoms with Crippen LogP contribution >= 0.6 is 0 Å². The van der Waals surface area contributed by atoms with Gasteiger partial charge in [-0.2, -0.15) is 0 Å². The normalized spacial score (nSPS) is 24.3. The van der Waals surface area contributed by atoms with Crippen molar-refractivity contribution in [2.75, 3.05) is 24.5 Å². The number of aryl methyl sites for hydroxylation is 1. The van der Waals surface area contributed by atoms with Crippen LogP contribution in [0.5, 0.6) is 0 Å². The van der Waals surface area contributed by atoms with Crippen molar-refractivity contribution in [2.24, 2.45) is 5.41 Å². The fraction of sp³-hybridized carbons (Fsp3) is 0.647. The summed E-state index contributed by atoms with van der Waals surface area (Å²) in [4.78, 5) is 2.59. The van der Waals surface area contributed by atoms with Gasteiger partial charge in [0.15, 0.2) is 0 Å². The molecule has 2 fully saturated rings. The van der Waals surface area contributed by atoms with Crippen molar-refractivity contribution >= 4 is 5.69 Å². The zero-order valence-corrected chi connectivity index (χ0v) is 12.5. The number of anilines is 1. The highest BCUT2D eigenvalue weighted by Gasteiger charge is 2.47.